The number of nitrogen functional groups attached to an aromatic ring is 1. The normalized spacial score (nSPS) is 9.42. The summed E-state index contributed by atoms with van der Waals surface area (Å²) in [5, 5.41) is 20.8. The zero-order valence-electron chi connectivity index (χ0n) is 9.81. The topological polar surface area (TPSA) is 85.6 Å². The number of nitrogens with two attached hydrogens (primary N) is 1. The van der Waals surface area contributed by atoms with Gasteiger partial charge in [-0.15, -0.1) is 0 Å². The van der Waals surface area contributed by atoms with Gasteiger partial charge >= 0.3 is 0 Å². The van der Waals surface area contributed by atoms with E-state index >= 15 is 0 Å². The molecule has 2 aromatic carbocycles. The van der Waals surface area contributed by atoms with E-state index in [1.54, 1.807) is 18.2 Å². The number of hydrogen-bond donors (Lipinski definition) is 2. The van der Waals surface area contributed by atoms with Gasteiger partial charge in [0, 0.05) is 0 Å². The fourth-order valence-electron chi connectivity index (χ4n) is 1.63. The minimum absolute atomic E-state index is 0.168. The Bertz CT molecular complexity index is 710. The summed E-state index contributed by atoms with van der Waals surface area (Å²) in [6.45, 7) is 0. The molecule has 0 aliphatic carbocycles. The molecule has 0 saturated carbocycles. The van der Waals surface area contributed by atoms with Crippen molar-refractivity contribution < 1.29 is 4.39 Å². The highest BCUT2D eigenvalue weighted by Gasteiger charge is 2.08. The molecule has 0 bridgehead atoms. The van der Waals surface area contributed by atoms with Crippen LogP contribution in [0.5, 0.6) is 0 Å². The summed E-state index contributed by atoms with van der Waals surface area (Å²) in [5.74, 6) is -0.485. The zero-order valence-corrected chi connectivity index (χ0v) is 9.81. The molecule has 4 nitrogen and oxygen atoms in total. The number of para-hydroxylation sites is 1. The highest BCUT2D eigenvalue weighted by atomic mass is 19.1. The largest absolute Gasteiger partial charge is 0.396 e. The lowest BCUT2D eigenvalue weighted by Crippen LogP contribution is -2.00. The fraction of sp³-hybridized carbons (Fsp3) is 0. The van der Waals surface area contributed by atoms with Crippen molar-refractivity contribution in [1.82, 2.24) is 0 Å². The summed E-state index contributed by atoms with van der Waals surface area (Å²) in [6.07, 6.45) is 0. The molecule has 5 heteroatoms. The Morgan fingerprint density at radius 2 is 1.74 bits per heavy atom. The molecule has 0 heterocycles. The van der Waals surface area contributed by atoms with Gasteiger partial charge in [0.25, 0.3) is 0 Å². The van der Waals surface area contributed by atoms with Crippen molar-refractivity contribution in [2.45, 2.75) is 0 Å². The first-order valence-electron chi connectivity index (χ1n) is 5.41. The molecule has 3 N–H and O–H groups in total. The zero-order chi connectivity index (χ0) is 13.8. The monoisotopic (exact) mass is 252 g/mol. The van der Waals surface area contributed by atoms with Crippen LogP contribution >= 0.6 is 0 Å². The van der Waals surface area contributed by atoms with Gasteiger partial charge in [0.05, 0.1) is 28.2 Å². The number of nitrogens with one attached hydrogen (secondary N) is 1. The first-order valence-corrected chi connectivity index (χ1v) is 5.41. The number of hydrogen-bond acceptors (Lipinski definition) is 4. The summed E-state index contributed by atoms with van der Waals surface area (Å²) >= 11 is 0. The quantitative estimate of drug-likeness (QED) is 0.804. The summed E-state index contributed by atoms with van der Waals surface area (Å²) in [7, 11) is 0. The van der Waals surface area contributed by atoms with Crippen LogP contribution in [0.25, 0.3) is 0 Å². The van der Waals surface area contributed by atoms with Crippen molar-refractivity contribution in [2.75, 3.05) is 11.1 Å². The predicted octanol–water partition coefficient (Wildman–Crippen LogP) is 2.89. The van der Waals surface area contributed by atoms with E-state index in [0.29, 0.717) is 22.6 Å². The molecular formula is C14H9FN4. The fourth-order valence-corrected chi connectivity index (χ4v) is 1.63. The second-order valence-electron chi connectivity index (χ2n) is 3.81. The Labute approximate surface area is 109 Å². The third kappa shape index (κ3) is 2.46. The van der Waals surface area contributed by atoms with Crippen molar-refractivity contribution in [3.8, 4) is 12.1 Å². The van der Waals surface area contributed by atoms with Crippen LogP contribution < -0.4 is 11.1 Å². The van der Waals surface area contributed by atoms with Gasteiger partial charge in [-0.1, -0.05) is 6.07 Å². The van der Waals surface area contributed by atoms with Crippen molar-refractivity contribution in [2.24, 2.45) is 0 Å². The molecule has 2 rings (SSSR count). The molecule has 0 unspecified atom stereocenters. The van der Waals surface area contributed by atoms with E-state index in [-0.39, 0.29) is 5.56 Å². The van der Waals surface area contributed by atoms with Gasteiger partial charge in [-0.25, -0.2) is 4.39 Å². The Hall–Kier alpha value is -3.05. The Morgan fingerprint density at radius 1 is 1.00 bits per heavy atom. The molecule has 0 saturated heterocycles. The maximum absolute atomic E-state index is 13.0. The molecule has 0 aromatic heterocycles. The van der Waals surface area contributed by atoms with Crippen LogP contribution in [0.15, 0.2) is 36.4 Å². The van der Waals surface area contributed by atoms with Crippen LogP contribution in [0.1, 0.15) is 11.1 Å². The van der Waals surface area contributed by atoms with Crippen molar-refractivity contribution in [1.29, 1.82) is 10.5 Å². The molecule has 0 aliphatic heterocycles. The molecule has 0 atom stereocenters. The lowest BCUT2D eigenvalue weighted by Gasteiger charge is -2.11. The smallest absolute Gasteiger partial charge is 0.124 e. The standard InChI is InChI=1S/C14H9FN4/c15-11-4-5-12(10(6-11)8-17)19-13-3-1-2-9(7-16)14(13)18/h1-6,19H,18H2. The van der Waals surface area contributed by atoms with Crippen LogP contribution in [-0.4, -0.2) is 0 Å². The summed E-state index contributed by atoms with van der Waals surface area (Å²) in [5.41, 5.74) is 7.56. The van der Waals surface area contributed by atoms with Gasteiger partial charge in [0.15, 0.2) is 0 Å². The average Bonchev–Trinajstić information content (AvgIpc) is 2.42. The molecule has 92 valence electrons. The first-order chi connectivity index (χ1) is 9.15. The van der Waals surface area contributed by atoms with E-state index in [4.69, 9.17) is 16.3 Å². The molecule has 19 heavy (non-hydrogen) atoms. The molecule has 0 aliphatic rings. The Kier molecular flexibility index (Phi) is 3.31. The highest BCUT2D eigenvalue weighted by molar-refractivity contribution is 5.78. The number of anilines is 3. The minimum atomic E-state index is -0.485. The molecule has 0 fully saturated rings. The lowest BCUT2D eigenvalue weighted by molar-refractivity contribution is 0.627. The van der Waals surface area contributed by atoms with Crippen molar-refractivity contribution >= 4 is 17.1 Å². The number of benzene rings is 2. The van der Waals surface area contributed by atoms with E-state index in [9.17, 15) is 4.39 Å². The number of nitrogens with zero attached hydrogens (tertiary/aromatic N) is 2. The third-order valence-electron chi connectivity index (χ3n) is 2.60. The van der Waals surface area contributed by atoms with Gasteiger partial charge in [-0.3, -0.25) is 0 Å². The Morgan fingerprint density at radius 3 is 2.42 bits per heavy atom. The maximum Gasteiger partial charge on any atom is 0.124 e. The van der Waals surface area contributed by atoms with Gasteiger partial charge in [-0.05, 0) is 30.3 Å². The van der Waals surface area contributed by atoms with Gasteiger partial charge in [0.2, 0.25) is 0 Å². The summed E-state index contributed by atoms with van der Waals surface area (Å²) in [6, 6.07) is 12.6. The lowest BCUT2D eigenvalue weighted by atomic mass is 10.1. The number of halogens is 1. The predicted molar refractivity (Wildman–Crippen MR) is 70.0 cm³/mol. The van der Waals surface area contributed by atoms with E-state index in [1.165, 1.54) is 12.1 Å². The first kappa shape index (κ1) is 12.4. The molecular weight excluding hydrogens is 243 g/mol. The third-order valence-corrected chi connectivity index (χ3v) is 2.60. The van der Waals surface area contributed by atoms with Gasteiger partial charge < -0.3 is 11.1 Å². The van der Waals surface area contributed by atoms with Gasteiger partial charge in [0.1, 0.15) is 18.0 Å². The Balaban J connectivity index is 2.43. The van der Waals surface area contributed by atoms with Crippen LogP contribution in [0, 0.1) is 28.5 Å². The summed E-state index contributed by atoms with van der Waals surface area (Å²) < 4.78 is 13.0. The van der Waals surface area contributed by atoms with Gasteiger partial charge in [-0.2, -0.15) is 10.5 Å². The highest BCUT2D eigenvalue weighted by Crippen LogP contribution is 2.27. The van der Waals surface area contributed by atoms with Crippen LogP contribution in [0.4, 0.5) is 21.5 Å². The molecule has 2 aromatic rings. The van der Waals surface area contributed by atoms with Crippen LogP contribution in [-0.2, 0) is 0 Å². The summed E-state index contributed by atoms with van der Waals surface area (Å²) in [4.78, 5) is 0. The SMILES string of the molecule is N#Cc1cc(F)ccc1Nc1cccc(C#N)c1N. The van der Waals surface area contributed by atoms with E-state index in [1.807, 2.05) is 12.1 Å². The molecule has 0 spiro atoms. The minimum Gasteiger partial charge on any atom is -0.396 e. The maximum atomic E-state index is 13.0. The molecule has 0 amide bonds. The van der Waals surface area contributed by atoms with E-state index < -0.39 is 5.82 Å². The van der Waals surface area contributed by atoms with E-state index in [0.717, 1.165) is 6.07 Å². The number of rotatable bonds is 2. The van der Waals surface area contributed by atoms with Crippen LogP contribution in [0.2, 0.25) is 0 Å². The van der Waals surface area contributed by atoms with Crippen molar-refractivity contribution in [3.05, 3.63) is 53.3 Å². The second-order valence-corrected chi connectivity index (χ2v) is 3.81. The van der Waals surface area contributed by atoms with Crippen LogP contribution in [0.3, 0.4) is 0 Å². The number of nitriles is 2. The van der Waals surface area contributed by atoms with E-state index in [2.05, 4.69) is 5.32 Å². The molecule has 0 radical (unpaired) electrons. The van der Waals surface area contributed by atoms with Crippen molar-refractivity contribution in [3.63, 3.8) is 0 Å². The second kappa shape index (κ2) is 5.07. The average molecular weight is 252 g/mol.